The van der Waals surface area contributed by atoms with Crippen LogP contribution in [-0.4, -0.2) is 39.3 Å². The van der Waals surface area contributed by atoms with Gasteiger partial charge in [0.25, 0.3) is 17.5 Å². The molecule has 134 valence electrons. The highest BCUT2D eigenvalue weighted by Gasteiger charge is 2.41. The molecule has 1 aliphatic rings. The minimum Gasteiger partial charge on any atom is -0.459 e. The Kier molecular flexibility index (Phi) is 4.24. The molecular weight excluding hydrogens is 346 g/mol. The summed E-state index contributed by atoms with van der Waals surface area (Å²) in [6.07, 6.45) is 0. The number of nitrogens with zero attached hydrogens (tertiary/aromatic N) is 3. The van der Waals surface area contributed by atoms with E-state index in [1.54, 1.807) is 13.8 Å². The second kappa shape index (κ2) is 6.39. The summed E-state index contributed by atoms with van der Waals surface area (Å²) < 4.78 is 10.0. The molecule has 2 amide bonds. The average Bonchev–Trinajstić information content (AvgIpc) is 3.05. The van der Waals surface area contributed by atoms with E-state index in [1.807, 2.05) is 0 Å². The van der Waals surface area contributed by atoms with Gasteiger partial charge in [0.2, 0.25) is 0 Å². The van der Waals surface area contributed by atoms with Crippen molar-refractivity contribution in [3.8, 4) is 0 Å². The van der Waals surface area contributed by atoms with Gasteiger partial charge in [-0.2, -0.15) is 0 Å². The van der Waals surface area contributed by atoms with Crippen molar-refractivity contribution >= 4 is 23.5 Å². The van der Waals surface area contributed by atoms with E-state index in [0.29, 0.717) is 21.9 Å². The van der Waals surface area contributed by atoms with E-state index in [0.717, 1.165) is 6.07 Å². The van der Waals surface area contributed by atoms with Crippen molar-refractivity contribution in [2.24, 2.45) is 0 Å². The number of aromatic nitrogens is 1. The summed E-state index contributed by atoms with van der Waals surface area (Å²) in [5.74, 6) is -2.01. The van der Waals surface area contributed by atoms with Gasteiger partial charge in [0.05, 0.1) is 21.7 Å². The lowest BCUT2D eigenvalue weighted by molar-refractivity contribution is -0.385. The highest BCUT2D eigenvalue weighted by molar-refractivity contribution is 6.24. The number of nitro groups is 1. The van der Waals surface area contributed by atoms with Crippen molar-refractivity contribution in [2.75, 3.05) is 6.54 Å². The van der Waals surface area contributed by atoms with E-state index in [4.69, 9.17) is 9.26 Å². The molecule has 2 aromatic rings. The van der Waals surface area contributed by atoms with Crippen LogP contribution in [-0.2, 0) is 16.1 Å². The molecule has 0 aliphatic carbocycles. The van der Waals surface area contributed by atoms with Crippen LogP contribution >= 0.6 is 0 Å². The van der Waals surface area contributed by atoms with Crippen LogP contribution in [0, 0.1) is 24.0 Å². The number of hydrogen-bond donors (Lipinski definition) is 0. The zero-order chi connectivity index (χ0) is 19.0. The van der Waals surface area contributed by atoms with Crippen LogP contribution in [0.4, 0.5) is 5.69 Å². The fraction of sp³-hybridized carbons (Fsp3) is 0.250. The number of nitro benzene ring substituents is 1. The van der Waals surface area contributed by atoms with Gasteiger partial charge in [-0.3, -0.25) is 29.4 Å². The van der Waals surface area contributed by atoms with Gasteiger partial charge < -0.3 is 9.26 Å². The minimum atomic E-state index is -0.897. The molecule has 0 saturated heterocycles. The predicted octanol–water partition coefficient (Wildman–Crippen LogP) is 1.54. The number of esters is 1. The normalized spacial score (nSPS) is 13.1. The standard InChI is InChI=1S/C16H13N3O7/c1-8-11(9(2)26-17-8)7-25-13(20)6-18-15(21)10-4-3-5-12(19(23)24)14(10)16(18)22/h3-5H,6-7H2,1-2H3. The first kappa shape index (κ1) is 17.3. The third-order valence-corrected chi connectivity index (χ3v) is 4.02. The van der Waals surface area contributed by atoms with Crippen molar-refractivity contribution in [2.45, 2.75) is 20.5 Å². The van der Waals surface area contributed by atoms with Crippen LogP contribution in [0.15, 0.2) is 22.7 Å². The van der Waals surface area contributed by atoms with Gasteiger partial charge in [-0.05, 0) is 19.9 Å². The number of hydrogen-bond acceptors (Lipinski definition) is 8. The number of aryl methyl sites for hydroxylation is 2. The largest absolute Gasteiger partial charge is 0.459 e. The maximum absolute atomic E-state index is 12.4. The number of carbonyl (C=O) groups excluding carboxylic acids is 3. The van der Waals surface area contributed by atoms with Gasteiger partial charge in [0.1, 0.15) is 24.5 Å². The topological polar surface area (TPSA) is 133 Å². The van der Waals surface area contributed by atoms with E-state index >= 15 is 0 Å². The lowest BCUT2D eigenvalue weighted by Gasteiger charge is -2.12. The van der Waals surface area contributed by atoms with Crippen molar-refractivity contribution < 1.29 is 28.6 Å². The van der Waals surface area contributed by atoms with Gasteiger partial charge >= 0.3 is 5.97 Å². The first-order valence-electron chi connectivity index (χ1n) is 7.52. The lowest BCUT2D eigenvalue weighted by atomic mass is 10.1. The van der Waals surface area contributed by atoms with E-state index in [-0.39, 0.29) is 17.7 Å². The highest BCUT2D eigenvalue weighted by Crippen LogP contribution is 2.30. The Hall–Kier alpha value is -3.56. The van der Waals surface area contributed by atoms with Crippen LogP contribution < -0.4 is 0 Å². The minimum absolute atomic E-state index is 0.109. The van der Waals surface area contributed by atoms with Gasteiger partial charge in [0.15, 0.2) is 0 Å². The van der Waals surface area contributed by atoms with Crippen LogP contribution in [0.5, 0.6) is 0 Å². The molecule has 1 aliphatic heterocycles. The molecular formula is C16H13N3O7. The molecule has 0 N–H and O–H groups in total. The summed E-state index contributed by atoms with van der Waals surface area (Å²) in [5.41, 5.74) is 0.249. The predicted molar refractivity (Wildman–Crippen MR) is 84.2 cm³/mol. The number of ether oxygens (including phenoxy) is 1. The number of imide groups is 1. The summed E-state index contributed by atoms with van der Waals surface area (Å²) in [6.45, 7) is 2.58. The Labute approximate surface area is 146 Å². The molecule has 3 rings (SSSR count). The second-order valence-corrected chi connectivity index (χ2v) is 5.62. The Balaban J connectivity index is 1.74. The molecule has 0 unspecified atom stereocenters. The van der Waals surface area contributed by atoms with Crippen LogP contribution in [0.3, 0.4) is 0 Å². The van der Waals surface area contributed by atoms with Gasteiger partial charge in [-0.25, -0.2) is 0 Å². The summed E-state index contributed by atoms with van der Waals surface area (Å²) in [5, 5.41) is 14.8. The molecule has 0 atom stereocenters. The fourth-order valence-electron chi connectivity index (χ4n) is 2.65. The zero-order valence-corrected chi connectivity index (χ0v) is 13.8. The van der Waals surface area contributed by atoms with E-state index in [9.17, 15) is 24.5 Å². The molecule has 0 saturated carbocycles. The summed E-state index contributed by atoms with van der Waals surface area (Å²) in [7, 11) is 0. The van der Waals surface area contributed by atoms with Crippen LogP contribution in [0.1, 0.15) is 37.7 Å². The number of fused-ring (bicyclic) bond motifs is 1. The molecule has 0 fully saturated rings. The number of amides is 2. The van der Waals surface area contributed by atoms with Crippen LogP contribution in [0.25, 0.3) is 0 Å². The van der Waals surface area contributed by atoms with E-state index in [1.165, 1.54) is 12.1 Å². The summed E-state index contributed by atoms with van der Waals surface area (Å²) >= 11 is 0. The molecule has 1 aromatic carbocycles. The average molecular weight is 359 g/mol. The molecule has 10 heteroatoms. The van der Waals surface area contributed by atoms with Crippen LogP contribution in [0.2, 0.25) is 0 Å². The van der Waals surface area contributed by atoms with Crippen molar-refractivity contribution in [3.63, 3.8) is 0 Å². The number of rotatable bonds is 5. The SMILES string of the molecule is Cc1noc(C)c1COC(=O)CN1C(=O)c2cccc([N+](=O)[O-])c2C1=O. The second-order valence-electron chi connectivity index (χ2n) is 5.62. The highest BCUT2D eigenvalue weighted by atomic mass is 16.6. The fourth-order valence-corrected chi connectivity index (χ4v) is 2.65. The lowest BCUT2D eigenvalue weighted by Crippen LogP contribution is -2.35. The van der Waals surface area contributed by atoms with E-state index < -0.39 is 34.9 Å². The maximum Gasteiger partial charge on any atom is 0.326 e. The molecule has 2 heterocycles. The molecule has 26 heavy (non-hydrogen) atoms. The Bertz CT molecular complexity index is 928. The van der Waals surface area contributed by atoms with Gasteiger partial charge in [0, 0.05) is 6.07 Å². The first-order valence-corrected chi connectivity index (χ1v) is 7.52. The first-order chi connectivity index (χ1) is 12.3. The number of carbonyl (C=O) groups is 3. The van der Waals surface area contributed by atoms with Gasteiger partial charge in [-0.15, -0.1) is 0 Å². The molecule has 10 nitrogen and oxygen atoms in total. The molecule has 1 aromatic heterocycles. The zero-order valence-electron chi connectivity index (χ0n) is 13.8. The van der Waals surface area contributed by atoms with E-state index in [2.05, 4.69) is 5.16 Å². The Morgan fingerprint density at radius 2 is 2.04 bits per heavy atom. The molecule has 0 spiro atoms. The smallest absolute Gasteiger partial charge is 0.326 e. The van der Waals surface area contributed by atoms with Gasteiger partial charge in [-0.1, -0.05) is 11.2 Å². The Morgan fingerprint density at radius 3 is 2.65 bits per heavy atom. The molecule has 0 radical (unpaired) electrons. The summed E-state index contributed by atoms with van der Waals surface area (Å²) in [6, 6.07) is 3.74. The van der Waals surface area contributed by atoms with Crippen molar-refractivity contribution in [1.82, 2.24) is 10.1 Å². The number of benzene rings is 1. The third-order valence-electron chi connectivity index (χ3n) is 4.02. The molecule has 0 bridgehead atoms. The quantitative estimate of drug-likeness (QED) is 0.340. The third kappa shape index (κ3) is 2.81. The monoisotopic (exact) mass is 359 g/mol. The Morgan fingerprint density at radius 1 is 1.31 bits per heavy atom. The van der Waals surface area contributed by atoms with Crippen molar-refractivity contribution in [1.29, 1.82) is 0 Å². The summed E-state index contributed by atoms with van der Waals surface area (Å²) in [4.78, 5) is 47.7. The van der Waals surface area contributed by atoms with Crippen molar-refractivity contribution in [3.05, 3.63) is 56.5 Å². The maximum atomic E-state index is 12.4.